The van der Waals surface area contributed by atoms with Crippen LogP contribution in [0, 0.1) is 18.3 Å². The highest BCUT2D eigenvalue weighted by atomic mass is 35.5. The van der Waals surface area contributed by atoms with Crippen molar-refractivity contribution in [3.05, 3.63) is 61.8 Å². The normalized spacial score (nSPS) is 16.6. The number of thioether (sulfide) groups is 1. The van der Waals surface area contributed by atoms with E-state index in [-0.39, 0.29) is 29.9 Å². The van der Waals surface area contributed by atoms with Crippen molar-refractivity contribution in [3.8, 4) is 6.07 Å². The third kappa shape index (κ3) is 4.72. The summed E-state index contributed by atoms with van der Waals surface area (Å²) in [6.07, 6.45) is 0.237. The summed E-state index contributed by atoms with van der Waals surface area (Å²) in [6, 6.07) is 11.3. The zero-order chi connectivity index (χ0) is 19.4. The second kappa shape index (κ2) is 8.61. The van der Waals surface area contributed by atoms with Gasteiger partial charge in [0, 0.05) is 27.9 Å². The molecule has 27 heavy (non-hydrogen) atoms. The highest BCUT2D eigenvalue weighted by molar-refractivity contribution is 8.03. The molecule has 1 aromatic heterocycles. The molecule has 0 bridgehead atoms. The second-order valence-corrected chi connectivity index (χ2v) is 8.37. The third-order valence-corrected chi connectivity index (χ3v) is 6.30. The van der Waals surface area contributed by atoms with Crippen LogP contribution in [0.3, 0.4) is 0 Å². The summed E-state index contributed by atoms with van der Waals surface area (Å²) < 4.78 is 0. The molecular weight excluding hydrogens is 402 g/mol. The van der Waals surface area contributed by atoms with Gasteiger partial charge in [-0.2, -0.15) is 5.26 Å². The summed E-state index contributed by atoms with van der Waals surface area (Å²) in [5.41, 5.74) is 2.04. The van der Waals surface area contributed by atoms with Crippen molar-refractivity contribution in [2.24, 2.45) is 0 Å². The number of amides is 2. The maximum atomic E-state index is 12.3. The van der Waals surface area contributed by atoms with E-state index in [0.29, 0.717) is 21.3 Å². The number of aryl methyl sites for hydroxylation is 1. The molecule has 0 fully saturated rings. The summed E-state index contributed by atoms with van der Waals surface area (Å²) in [5.74, 6) is -0.572. The number of carbonyl (C=O) groups excluding carboxylic acids is 2. The average molecular weight is 418 g/mol. The van der Waals surface area contributed by atoms with Gasteiger partial charge in [-0.15, -0.1) is 11.3 Å². The Labute approximate surface area is 170 Å². The molecule has 1 aromatic carbocycles. The number of rotatable bonds is 5. The summed E-state index contributed by atoms with van der Waals surface area (Å²) in [6.45, 7) is 1.88. The van der Waals surface area contributed by atoms with Gasteiger partial charge >= 0.3 is 0 Å². The smallest absolute Gasteiger partial charge is 0.234 e. The molecule has 2 heterocycles. The molecule has 2 N–H and O–H groups in total. The molecule has 0 radical (unpaired) electrons. The largest absolute Gasteiger partial charge is 0.325 e. The van der Waals surface area contributed by atoms with E-state index in [9.17, 15) is 14.9 Å². The highest BCUT2D eigenvalue weighted by Crippen LogP contribution is 2.37. The minimum absolute atomic E-state index is 0.0733. The Bertz CT molecular complexity index is 948. The van der Waals surface area contributed by atoms with Gasteiger partial charge in [0.2, 0.25) is 11.8 Å². The molecule has 0 aliphatic carbocycles. The Morgan fingerprint density at radius 2 is 2.30 bits per heavy atom. The van der Waals surface area contributed by atoms with Crippen LogP contribution in [0.4, 0.5) is 5.69 Å². The van der Waals surface area contributed by atoms with Crippen LogP contribution in [-0.4, -0.2) is 17.6 Å². The van der Waals surface area contributed by atoms with Gasteiger partial charge in [-0.05, 0) is 36.1 Å². The number of carbonyl (C=O) groups is 2. The van der Waals surface area contributed by atoms with Gasteiger partial charge in [0.25, 0.3) is 0 Å². The van der Waals surface area contributed by atoms with Gasteiger partial charge in [0.05, 0.1) is 22.4 Å². The number of hydrogen-bond acceptors (Lipinski definition) is 5. The first-order valence-electron chi connectivity index (χ1n) is 8.14. The molecule has 3 rings (SSSR count). The van der Waals surface area contributed by atoms with Crippen molar-refractivity contribution in [1.82, 2.24) is 5.32 Å². The van der Waals surface area contributed by atoms with E-state index in [0.717, 1.165) is 22.2 Å². The number of nitrogens with zero attached hydrogens (tertiary/aromatic N) is 1. The molecule has 1 atom stereocenters. The lowest BCUT2D eigenvalue weighted by atomic mass is 9.93. The fourth-order valence-electron chi connectivity index (χ4n) is 2.72. The number of thiophene rings is 1. The van der Waals surface area contributed by atoms with Crippen molar-refractivity contribution in [3.63, 3.8) is 0 Å². The van der Waals surface area contributed by atoms with E-state index in [4.69, 9.17) is 11.6 Å². The Kier molecular flexibility index (Phi) is 6.22. The van der Waals surface area contributed by atoms with Gasteiger partial charge in [0.15, 0.2) is 0 Å². The lowest BCUT2D eigenvalue weighted by Crippen LogP contribution is -2.31. The molecule has 1 aliphatic rings. The summed E-state index contributed by atoms with van der Waals surface area (Å²) in [7, 11) is 0. The Balaban J connectivity index is 1.73. The molecule has 8 heteroatoms. The van der Waals surface area contributed by atoms with E-state index < -0.39 is 0 Å². The number of nitrogens with one attached hydrogen (secondary N) is 2. The SMILES string of the molecule is Cc1ccc(Cl)cc1NC(=O)CSC1=C(C#N)[C@@H](c2cccs2)CC(=O)N1. The number of hydrogen-bond donors (Lipinski definition) is 2. The van der Waals surface area contributed by atoms with E-state index in [1.165, 1.54) is 11.3 Å². The summed E-state index contributed by atoms with van der Waals surface area (Å²) in [5, 5.41) is 18.1. The third-order valence-electron chi connectivity index (χ3n) is 4.06. The van der Waals surface area contributed by atoms with Gasteiger partial charge in [-0.25, -0.2) is 0 Å². The molecule has 138 valence electrons. The van der Waals surface area contributed by atoms with Crippen LogP contribution in [0.2, 0.25) is 5.02 Å². The minimum Gasteiger partial charge on any atom is -0.325 e. The minimum atomic E-state index is -0.260. The van der Waals surface area contributed by atoms with Crippen molar-refractivity contribution in [2.45, 2.75) is 19.3 Å². The van der Waals surface area contributed by atoms with Gasteiger partial charge in [0.1, 0.15) is 0 Å². The summed E-state index contributed by atoms with van der Waals surface area (Å²) >= 11 is 8.64. The zero-order valence-corrected chi connectivity index (χ0v) is 16.8. The predicted octanol–water partition coefficient (Wildman–Crippen LogP) is 4.42. The van der Waals surface area contributed by atoms with Crippen LogP contribution in [0.25, 0.3) is 0 Å². The zero-order valence-electron chi connectivity index (χ0n) is 14.4. The molecule has 1 aliphatic heterocycles. The van der Waals surface area contributed by atoms with E-state index in [1.807, 2.05) is 30.5 Å². The standard InChI is InChI=1S/C19H16ClN3O2S2/c1-11-4-5-12(20)7-15(11)22-18(25)10-27-19-14(9-21)13(8-17(24)23-19)16-3-2-6-26-16/h2-7,13H,8,10H2,1H3,(H,22,25)(H,23,24)/t13-/m0/s1. The van der Waals surface area contributed by atoms with Crippen LogP contribution in [0.5, 0.6) is 0 Å². The van der Waals surface area contributed by atoms with Crippen molar-refractivity contribution in [2.75, 3.05) is 11.1 Å². The van der Waals surface area contributed by atoms with Gasteiger partial charge in [-0.1, -0.05) is 35.5 Å². The molecule has 0 spiro atoms. The molecule has 2 amide bonds. The Morgan fingerprint density at radius 1 is 1.48 bits per heavy atom. The number of nitriles is 1. The van der Waals surface area contributed by atoms with Crippen molar-refractivity contribution < 1.29 is 9.59 Å². The molecule has 2 aromatic rings. The number of anilines is 1. The predicted molar refractivity (Wildman–Crippen MR) is 110 cm³/mol. The van der Waals surface area contributed by atoms with E-state index in [2.05, 4.69) is 16.7 Å². The van der Waals surface area contributed by atoms with Crippen molar-refractivity contribution in [1.29, 1.82) is 5.26 Å². The fourth-order valence-corrected chi connectivity index (χ4v) is 4.60. The topological polar surface area (TPSA) is 82.0 Å². The number of halogens is 1. The second-order valence-electron chi connectivity index (χ2n) is 5.97. The maximum absolute atomic E-state index is 12.3. The Hall–Kier alpha value is -2.27. The molecular formula is C19H16ClN3O2S2. The molecule has 0 unspecified atom stereocenters. The Morgan fingerprint density at radius 3 is 3.00 bits per heavy atom. The fraction of sp³-hybridized carbons (Fsp3) is 0.211. The first-order valence-corrected chi connectivity index (χ1v) is 10.4. The lowest BCUT2D eigenvalue weighted by Gasteiger charge is -2.23. The van der Waals surface area contributed by atoms with Crippen LogP contribution in [0.1, 0.15) is 22.8 Å². The first-order chi connectivity index (χ1) is 13.0. The molecule has 5 nitrogen and oxygen atoms in total. The molecule has 0 saturated carbocycles. The quantitative estimate of drug-likeness (QED) is 0.754. The number of allylic oxidation sites excluding steroid dienone is 1. The molecule has 0 saturated heterocycles. The maximum Gasteiger partial charge on any atom is 0.234 e. The average Bonchev–Trinajstić information content (AvgIpc) is 3.17. The van der Waals surface area contributed by atoms with E-state index in [1.54, 1.807) is 12.1 Å². The highest BCUT2D eigenvalue weighted by Gasteiger charge is 2.30. The van der Waals surface area contributed by atoms with Crippen LogP contribution in [0.15, 0.2) is 46.3 Å². The van der Waals surface area contributed by atoms with Gasteiger partial charge in [-0.3, -0.25) is 9.59 Å². The summed E-state index contributed by atoms with van der Waals surface area (Å²) in [4.78, 5) is 25.4. The lowest BCUT2D eigenvalue weighted by molar-refractivity contribution is -0.121. The van der Waals surface area contributed by atoms with Crippen LogP contribution in [-0.2, 0) is 9.59 Å². The monoisotopic (exact) mass is 417 g/mol. The van der Waals surface area contributed by atoms with Crippen LogP contribution < -0.4 is 10.6 Å². The van der Waals surface area contributed by atoms with E-state index >= 15 is 0 Å². The van der Waals surface area contributed by atoms with Gasteiger partial charge < -0.3 is 10.6 Å². The van der Waals surface area contributed by atoms with Crippen molar-refractivity contribution >= 4 is 52.2 Å². The van der Waals surface area contributed by atoms with Crippen LogP contribution >= 0.6 is 34.7 Å². The first kappa shape index (κ1) is 19.5. The number of benzene rings is 1.